The highest BCUT2D eigenvalue weighted by atomic mass is 15.0. The van der Waals surface area contributed by atoms with E-state index in [9.17, 15) is 0 Å². The van der Waals surface area contributed by atoms with Crippen molar-refractivity contribution in [3.05, 3.63) is 24.5 Å². The molecule has 0 amide bonds. The number of nitrogens with one attached hydrogen (secondary N) is 1. The summed E-state index contributed by atoms with van der Waals surface area (Å²) in [6.45, 7) is 4.32. The molecule has 3 nitrogen and oxygen atoms in total. The Labute approximate surface area is 83.8 Å². The van der Waals surface area contributed by atoms with Crippen LogP contribution in [-0.2, 0) is 0 Å². The summed E-state index contributed by atoms with van der Waals surface area (Å²) < 4.78 is 2.18. The molecule has 2 aromatic heterocycles. The van der Waals surface area contributed by atoms with Crippen molar-refractivity contribution in [2.24, 2.45) is 0 Å². The molecule has 0 saturated heterocycles. The lowest BCUT2D eigenvalue weighted by Gasteiger charge is -2.08. The summed E-state index contributed by atoms with van der Waals surface area (Å²) in [5, 5.41) is 4.35. The maximum Gasteiger partial charge on any atom is 0.142 e. The third kappa shape index (κ3) is 1.25. The Morgan fingerprint density at radius 1 is 1.36 bits per heavy atom. The second-order valence-electron chi connectivity index (χ2n) is 3.66. The van der Waals surface area contributed by atoms with Gasteiger partial charge in [0.2, 0.25) is 0 Å². The van der Waals surface area contributed by atoms with Crippen molar-refractivity contribution in [2.75, 3.05) is 12.4 Å². The topological polar surface area (TPSA) is 29.9 Å². The van der Waals surface area contributed by atoms with Gasteiger partial charge in [-0.05, 0) is 26.0 Å². The summed E-state index contributed by atoms with van der Waals surface area (Å²) in [6, 6.07) is 4.55. The van der Waals surface area contributed by atoms with Gasteiger partial charge in [0, 0.05) is 36.6 Å². The van der Waals surface area contributed by atoms with Crippen molar-refractivity contribution in [3.63, 3.8) is 0 Å². The number of anilines is 1. The van der Waals surface area contributed by atoms with Crippen LogP contribution in [0.5, 0.6) is 0 Å². The van der Waals surface area contributed by atoms with Gasteiger partial charge in [-0.2, -0.15) is 0 Å². The maximum absolute atomic E-state index is 4.39. The van der Waals surface area contributed by atoms with Crippen LogP contribution in [0.4, 0.5) is 5.69 Å². The molecule has 2 heterocycles. The number of nitrogens with zero attached hydrogens (tertiary/aromatic N) is 2. The quantitative estimate of drug-likeness (QED) is 0.787. The molecular formula is C11H15N3. The van der Waals surface area contributed by atoms with E-state index in [1.54, 1.807) is 0 Å². The van der Waals surface area contributed by atoms with Crippen molar-refractivity contribution in [2.45, 2.75) is 19.9 Å². The predicted molar refractivity (Wildman–Crippen MR) is 59.7 cm³/mol. The van der Waals surface area contributed by atoms with Gasteiger partial charge in [0.15, 0.2) is 0 Å². The van der Waals surface area contributed by atoms with E-state index in [1.807, 2.05) is 19.3 Å². The fourth-order valence-electron chi connectivity index (χ4n) is 1.69. The van der Waals surface area contributed by atoms with Crippen molar-refractivity contribution >= 4 is 16.7 Å². The molecular weight excluding hydrogens is 174 g/mol. The third-order valence-corrected chi connectivity index (χ3v) is 2.44. The van der Waals surface area contributed by atoms with E-state index in [-0.39, 0.29) is 0 Å². The standard InChI is InChI=1S/C11H15N3/c1-8(2)14-7-5-9-10(12-3)4-6-13-11(9)14/h4-8H,1-3H3,(H,12,13). The number of fused-ring (bicyclic) bond motifs is 1. The highest BCUT2D eigenvalue weighted by Crippen LogP contribution is 2.24. The molecule has 0 spiro atoms. The lowest BCUT2D eigenvalue weighted by atomic mass is 10.3. The van der Waals surface area contributed by atoms with Crippen molar-refractivity contribution in [3.8, 4) is 0 Å². The smallest absolute Gasteiger partial charge is 0.142 e. The Balaban J connectivity index is 2.69. The van der Waals surface area contributed by atoms with E-state index in [4.69, 9.17) is 0 Å². The van der Waals surface area contributed by atoms with Crippen LogP contribution >= 0.6 is 0 Å². The summed E-state index contributed by atoms with van der Waals surface area (Å²) in [5.41, 5.74) is 2.18. The summed E-state index contributed by atoms with van der Waals surface area (Å²) in [6.07, 6.45) is 3.93. The minimum atomic E-state index is 0.451. The number of pyridine rings is 1. The van der Waals surface area contributed by atoms with Gasteiger partial charge in [-0.15, -0.1) is 0 Å². The first-order chi connectivity index (χ1) is 6.74. The molecule has 0 saturated carbocycles. The highest BCUT2D eigenvalue weighted by Gasteiger charge is 2.07. The largest absolute Gasteiger partial charge is 0.387 e. The highest BCUT2D eigenvalue weighted by molar-refractivity contribution is 5.89. The second kappa shape index (κ2) is 3.33. The molecule has 0 bridgehead atoms. The Hall–Kier alpha value is -1.51. The van der Waals surface area contributed by atoms with Gasteiger partial charge in [-0.3, -0.25) is 0 Å². The zero-order valence-electron chi connectivity index (χ0n) is 8.78. The molecule has 1 N–H and O–H groups in total. The lowest BCUT2D eigenvalue weighted by Crippen LogP contribution is -2.00. The Morgan fingerprint density at radius 2 is 2.14 bits per heavy atom. The molecule has 0 aliphatic heterocycles. The molecule has 0 atom stereocenters. The Kier molecular flexibility index (Phi) is 2.15. The van der Waals surface area contributed by atoms with E-state index in [1.165, 1.54) is 5.39 Å². The van der Waals surface area contributed by atoms with Gasteiger partial charge in [-0.1, -0.05) is 0 Å². The number of aromatic nitrogens is 2. The van der Waals surface area contributed by atoms with Gasteiger partial charge in [-0.25, -0.2) is 4.98 Å². The molecule has 0 fully saturated rings. The maximum atomic E-state index is 4.39. The molecule has 74 valence electrons. The summed E-state index contributed by atoms with van der Waals surface area (Å²) >= 11 is 0. The predicted octanol–water partition coefficient (Wildman–Crippen LogP) is 2.66. The monoisotopic (exact) mass is 189 g/mol. The molecule has 2 rings (SSSR count). The summed E-state index contributed by atoms with van der Waals surface area (Å²) in [5.74, 6) is 0. The second-order valence-corrected chi connectivity index (χ2v) is 3.66. The van der Waals surface area contributed by atoms with E-state index >= 15 is 0 Å². The number of rotatable bonds is 2. The van der Waals surface area contributed by atoms with Crippen LogP contribution < -0.4 is 5.32 Å². The van der Waals surface area contributed by atoms with Crippen LogP contribution in [0.3, 0.4) is 0 Å². The first kappa shape index (κ1) is 9.06. The molecule has 2 aromatic rings. The summed E-state index contributed by atoms with van der Waals surface area (Å²) in [4.78, 5) is 4.39. The zero-order valence-corrected chi connectivity index (χ0v) is 8.78. The molecule has 0 aliphatic rings. The van der Waals surface area contributed by atoms with E-state index < -0.39 is 0 Å². The van der Waals surface area contributed by atoms with Crippen LogP contribution in [0.25, 0.3) is 11.0 Å². The fourth-order valence-corrected chi connectivity index (χ4v) is 1.69. The molecule has 0 aliphatic carbocycles. The first-order valence-corrected chi connectivity index (χ1v) is 4.87. The van der Waals surface area contributed by atoms with Crippen LogP contribution in [0.2, 0.25) is 0 Å². The van der Waals surface area contributed by atoms with Crippen LogP contribution in [0, 0.1) is 0 Å². The Morgan fingerprint density at radius 3 is 2.79 bits per heavy atom. The first-order valence-electron chi connectivity index (χ1n) is 4.87. The third-order valence-electron chi connectivity index (χ3n) is 2.44. The normalized spacial score (nSPS) is 11.1. The molecule has 0 unspecified atom stereocenters. The molecule has 0 radical (unpaired) electrons. The molecule has 3 heteroatoms. The lowest BCUT2D eigenvalue weighted by molar-refractivity contribution is 0.618. The van der Waals surface area contributed by atoms with E-state index in [0.717, 1.165) is 11.3 Å². The average molecular weight is 189 g/mol. The zero-order chi connectivity index (χ0) is 10.1. The minimum absolute atomic E-state index is 0.451. The van der Waals surface area contributed by atoms with Crippen LogP contribution in [0.1, 0.15) is 19.9 Å². The summed E-state index contributed by atoms with van der Waals surface area (Å²) in [7, 11) is 1.93. The van der Waals surface area contributed by atoms with E-state index in [2.05, 4.69) is 41.0 Å². The van der Waals surface area contributed by atoms with Crippen LogP contribution in [0.15, 0.2) is 24.5 Å². The van der Waals surface area contributed by atoms with Gasteiger partial charge >= 0.3 is 0 Å². The minimum Gasteiger partial charge on any atom is -0.387 e. The molecule has 0 aromatic carbocycles. The van der Waals surface area contributed by atoms with Gasteiger partial charge in [0.05, 0.1) is 0 Å². The number of hydrogen-bond acceptors (Lipinski definition) is 2. The van der Waals surface area contributed by atoms with E-state index in [0.29, 0.717) is 6.04 Å². The van der Waals surface area contributed by atoms with Crippen LogP contribution in [-0.4, -0.2) is 16.6 Å². The van der Waals surface area contributed by atoms with Crippen molar-refractivity contribution in [1.82, 2.24) is 9.55 Å². The average Bonchev–Trinajstić information content (AvgIpc) is 2.60. The molecule has 14 heavy (non-hydrogen) atoms. The van der Waals surface area contributed by atoms with Gasteiger partial charge in [0.1, 0.15) is 5.65 Å². The SMILES string of the molecule is CNc1ccnc2c1ccn2C(C)C. The van der Waals surface area contributed by atoms with Gasteiger partial charge < -0.3 is 9.88 Å². The van der Waals surface area contributed by atoms with Gasteiger partial charge in [0.25, 0.3) is 0 Å². The van der Waals surface area contributed by atoms with Crippen molar-refractivity contribution < 1.29 is 0 Å². The fraction of sp³-hybridized carbons (Fsp3) is 0.364. The Bertz CT molecular complexity index is 443. The van der Waals surface area contributed by atoms with Crippen molar-refractivity contribution in [1.29, 1.82) is 0 Å². The number of hydrogen-bond donors (Lipinski definition) is 1.